The molecule has 0 N–H and O–H groups in total. The van der Waals surface area contributed by atoms with E-state index < -0.39 is 29.8 Å². The molecule has 0 rings (SSSR count). The Hall–Kier alpha value is -1.16. The number of hydrogen-bond donors (Lipinski definition) is 0. The van der Waals surface area contributed by atoms with E-state index in [-0.39, 0.29) is 0 Å². The van der Waals surface area contributed by atoms with Gasteiger partial charge in [-0.05, 0) is 0 Å². The molecule has 0 unspecified atom stereocenters. The SMILES string of the molecule is CO/N=C(\C(=N/OC)S(C)(=O)=O)S(C)(=O)=O. The van der Waals surface area contributed by atoms with E-state index in [1.54, 1.807) is 0 Å². The molecule has 0 fully saturated rings. The minimum atomic E-state index is -3.90. The molecule has 0 amide bonds. The molecule has 0 aromatic carbocycles. The third kappa shape index (κ3) is 4.14. The van der Waals surface area contributed by atoms with Gasteiger partial charge in [-0.15, -0.1) is 0 Å². The van der Waals surface area contributed by atoms with E-state index in [0.29, 0.717) is 0 Å². The van der Waals surface area contributed by atoms with Gasteiger partial charge in [0.25, 0.3) is 0 Å². The van der Waals surface area contributed by atoms with E-state index in [1.807, 2.05) is 0 Å². The quantitative estimate of drug-likeness (QED) is 0.362. The van der Waals surface area contributed by atoms with Crippen LogP contribution < -0.4 is 0 Å². The maximum atomic E-state index is 11.3. The highest BCUT2D eigenvalue weighted by Gasteiger charge is 2.30. The topological polar surface area (TPSA) is 111 Å². The largest absolute Gasteiger partial charge is 0.398 e. The van der Waals surface area contributed by atoms with Crippen LogP contribution in [0.4, 0.5) is 0 Å². The molecule has 0 aliphatic carbocycles. The van der Waals surface area contributed by atoms with Crippen molar-refractivity contribution in [1.29, 1.82) is 0 Å². The van der Waals surface area contributed by atoms with Gasteiger partial charge in [0.05, 0.1) is 0 Å². The van der Waals surface area contributed by atoms with E-state index in [0.717, 1.165) is 26.7 Å². The Balaban J connectivity index is 5.90. The molecule has 8 nitrogen and oxygen atoms in total. The van der Waals surface area contributed by atoms with Crippen LogP contribution in [-0.2, 0) is 29.3 Å². The minimum absolute atomic E-state index is 0.779. The van der Waals surface area contributed by atoms with Crippen molar-refractivity contribution < 1.29 is 26.5 Å². The van der Waals surface area contributed by atoms with Crippen molar-refractivity contribution in [1.82, 2.24) is 0 Å². The number of rotatable bonds is 2. The lowest BCUT2D eigenvalue weighted by Gasteiger charge is -2.04. The summed E-state index contributed by atoms with van der Waals surface area (Å²) in [5.74, 6) is 0. The Morgan fingerprint density at radius 1 is 0.812 bits per heavy atom. The summed E-state index contributed by atoms with van der Waals surface area (Å²) in [6.07, 6.45) is 1.56. The van der Waals surface area contributed by atoms with Gasteiger partial charge in [-0.25, -0.2) is 16.8 Å². The summed E-state index contributed by atoms with van der Waals surface area (Å²) in [6.45, 7) is 0. The first-order chi connectivity index (χ1) is 7.14. The molecule has 16 heavy (non-hydrogen) atoms. The van der Waals surface area contributed by atoms with Gasteiger partial charge in [0.15, 0.2) is 19.7 Å². The molecule has 0 bridgehead atoms. The zero-order valence-electron chi connectivity index (χ0n) is 9.16. The van der Waals surface area contributed by atoms with E-state index in [9.17, 15) is 16.8 Å². The lowest BCUT2D eigenvalue weighted by molar-refractivity contribution is 0.211. The number of nitrogens with zero attached hydrogens (tertiary/aromatic N) is 2. The molecule has 0 aromatic heterocycles. The highest BCUT2D eigenvalue weighted by atomic mass is 32.2. The second-order valence-corrected chi connectivity index (χ2v) is 6.56. The second-order valence-electron chi connectivity index (χ2n) is 2.70. The van der Waals surface area contributed by atoms with Crippen LogP contribution in [0, 0.1) is 0 Å². The highest BCUT2D eigenvalue weighted by Crippen LogP contribution is 2.02. The zero-order valence-corrected chi connectivity index (χ0v) is 10.8. The van der Waals surface area contributed by atoms with Crippen LogP contribution in [0.1, 0.15) is 0 Å². The molecular formula is C6H12N2O6S2. The monoisotopic (exact) mass is 272 g/mol. The molecule has 0 heterocycles. The summed E-state index contributed by atoms with van der Waals surface area (Å²) in [6, 6.07) is 0. The molecule has 0 aliphatic heterocycles. The van der Waals surface area contributed by atoms with Gasteiger partial charge in [0.1, 0.15) is 14.2 Å². The van der Waals surface area contributed by atoms with Crippen LogP contribution in [0.2, 0.25) is 0 Å². The Morgan fingerprint density at radius 3 is 1.19 bits per heavy atom. The fraction of sp³-hybridized carbons (Fsp3) is 0.667. The molecule has 94 valence electrons. The summed E-state index contributed by atoms with van der Waals surface area (Å²) in [5.41, 5.74) is 0. The average Bonchev–Trinajstić information content (AvgIpc) is 2.07. The van der Waals surface area contributed by atoms with Crippen LogP contribution in [0.25, 0.3) is 0 Å². The average molecular weight is 272 g/mol. The molecular weight excluding hydrogens is 260 g/mol. The van der Waals surface area contributed by atoms with Crippen molar-refractivity contribution in [3.05, 3.63) is 0 Å². The van der Waals surface area contributed by atoms with Crippen LogP contribution in [-0.4, -0.2) is 53.7 Å². The lowest BCUT2D eigenvalue weighted by atomic mass is 10.8. The number of sulfone groups is 2. The molecule has 0 saturated carbocycles. The lowest BCUT2D eigenvalue weighted by Crippen LogP contribution is -2.30. The van der Waals surface area contributed by atoms with E-state index >= 15 is 0 Å². The van der Waals surface area contributed by atoms with Crippen molar-refractivity contribution >= 4 is 29.8 Å². The predicted octanol–water partition coefficient (Wildman–Crippen LogP) is -1.00. The Bertz CT molecular complexity index is 453. The predicted molar refractivity (Wildman–Crippen MR) is 58.6 cm³/mol. The number of oxime groups is 2. The molecule has 0 spiro atoms. The van der Waals surface area contributed by atoms with E-state index in [1.165, 1.54) is 0 Å². The standard InChI is InChI=1S/C6H12N2O6S2/c1-13-7-5(15(3,9)10)6(8-14-2)16(4,11)12/h1-4H3/b7-5+,8-6+. The molecule has 0 saturated heterocycles. The van der Waals surface area contributed by atoms with Gasteiger partial charge in [-0.2, -0.15) is 0 Å². The van der Waals surface area contributed by atoms with Gasteiger partial charge in [0.2, 0.25) is 10.1 Å². The fourth-order valence-corrected chi connectivity index (χ4v) is 2.73. The Kier molecular flexibility index (Phi) is 4.87. The Labute approximate surface area is 93.7 Å². The smallest absolute Gasteiger partial charge is 0.234 e. The highest BCUT2D eigenvalue weighted by molar-refractivity contribution is 8.17. The zero-order chi connectivity index (χ0) is 13.0. The van der Waals surface area contributed by atoms with Gasteiger partial charge >= 0.3 is 0 Å². The molecule has 10 heteroatoms. The summed E-state index contributed by atoms with van der Waals surface area (Å²) in [7, 11) is -5.63. The second kappa shape index (κ2) is 5.25. The fourth-order valence-electron chi connectivity index (χ4n) is 0.697. The molecule has 0 atom stereocenters. The summed E-state index contributed by atoms with van der Waals surface area (Å²) in [5, 5.41) is 4.63. The molecule has 0 aliphatic rings. The minimum Gasteiger partial charge on any atom is -0.398 e. The van der Waals surface area contributed by atoms with Gasteiger partial charge < -0.3 is 9.68 Å². The normalized spacial score (nSPS) is 14.8. The van der Waals surface area contributed by atoms with Gasteiger partial charge in [0, 0.05) is 12.5 Å². The summed E-state index contributed by atoms with van der Waals surface area (Å²) >= 11 is 0. The summed E-state index contributed by atoms with van der Waals surface area (Å²) in [4.78, 5) is 8.52. The first-order valence-corrected chi connectivity index (χ1v) is 7.55. The third-order valence-electron chi connectivity index (χ3n) is 1.23. The van der Waals surface area contributed by atoms with Gasteiger partial charge in [-0.3, -0.25) is 0 Å². The van der Waals surface area contributed by atoms with Crippen LogP contribution in [0.5, 0.6) is 0 Å². The van der Waals surface area contributed by atoms with Crippen molar-refractivity contribution in [3.63, 3.8) is 0 Å². The van der Waals surface area contributed by atoms with Crippen molar-refractivity contribution in [2.75, 3.05) is 26.7 Å². The first kappa shape index (κ1) is 14.8. The van der Waals surface area contributed by atoms with E-state index in [2.05, 4.69) is 20.0 Å². The van der Waals surface area contributed by atoms with Gasteiger partial charge in [-0.1, -0.05) is 10.3 Å². The maximum Gasteiger partial charge on any atom is 0.234 e. The number of hydrogen-bond acceptors (Lipinski definition) is 8. The molecule has 0 radical (unpaired) electrons. The first-order valence-electron chi connectivity index (χ1n) is 3.77. The third-order valence-corrected chi connectivity index (χ3v) is 3.30. The Morgan fingerprint density at radius 2 is 1.06 bits per heavy atom. The van der Waals surface area contributed by atoms with Crippen LogP contribution in [0.3, 0.4) is 0 Å². The van der Waals surface area contributed by atoms with Crippen molar-refractivity contribution in [2.45, 2.75) is 0 Å². The molecule has 0 aromatic rings. The van der Waals surface area contributed by atoms with E-state index in [4.69, 9.17) is 0 Å². The van der Waals surface area contributed by atoms with Crippen molar-refractivity contribution in [3.8, 4) is 0 Å². The van der Waals surface area contributed by atoms with Crippen LogP contribution >= 0.6 is 0 Å². The van der Waals surface area contributed by atoms with Crippen LogP contribution in [0.15, 0.2) is 10.3 Å². The summed E-state index contributed by atoms with van der Waals surface area (Å²) < 4.78 is 45.1. The maximum absolute atomic E-state index is 11.3. The van der Waals surface area contributed by atoms with Crippen molar-refractivity contribution in [2.24, 2.45) is 10.3 Å².